The average Bonchev–Trinajstić information content (AvgIpc) is 3.00. The largest absolute Gasteiger partial charge is 0.478 e. The van der Waals surface area contributed by atoms with Gasteiger partial charge in [0.1, 0.15) is 11.5 Å². The molecule has 0 saturated carbocycles. The van der Waals surface area contributed by atoms with Gasteiger partial charge >= 0.3 is 17.9 Å². The topological polar surface area (TPSA) is 161 Å². The normalized spacial score (nSPS) is 20.9. The minimum Gasteiger partial charge on any atom is -0.478 e. The highest BCUT2D eigenvalue weighted by Gasteiger charge is 2.37. The Bertz CT molecular complexity index is 1230. The summed E-state index contributed by atoms with van der Waals surface area (Å²) in [5, 5.41) is 19.5. The van der Waals surface area contributed by atoms with Crippen LogP contribution in [0.1, 0.15) is 13.3 Å². The van der Waals surface area contributed by atoms with Crippen molar-refractivity contribution in [3.63, 3.8) is 0 Å². The lowest BCUT2D eigenvalue weighted by molar-refractivity contribution is -0.136. The van der Waals surface area contributed by atoms with Gasteiger partial charge in [-0.15, -0.1) is 0 Å². The number of carboxylic acid groups (broad SMARTS) is 2. The van der Waals surface area contributed by atoms with Crippen molar-refractivity contribution in [3.8, 4) is 0 Å². The van der Waals surface area contributed by atoms with Crippen LogP contribution in [0.15, 0.2) is 81.4 Å². The van der Waals surface area contributed by atoms with Crippen molar-refractivity contribution in [3.05, 3.63) is 81.4 Å². The van der Waals surface area contributed by atoms with E-state index in [-0.39, 0.29) is 35.6 Å². The maximum absolute atomic E-state index is 12.6. The van der Waals surface area contributed by atoms with Crippen molar-refractivity contribution >= 4 is 35.9 Å². The van der Waals surface area contributed by atoms with Crippen LogP contribution in [0.5, 0.6) is 0 Å². The molecule has 1 saturated heterocycles. The van der Waals surface area contributed by atoms with Crippen LogP contribution in [-0.2, 0) is 38.2 Å². The van der Waals surface area contributed by atoms with Crippen LogP contribution < -0.4 is 0 Å². The Morgan fingerprint density at radius 3 is 2.09 bits per heavy atom. The Morgan fingerprint density at radius 2 is 1.56 bits per heavy atom. The van der Waals surface area contributed by atoms with Crippen molar-refractivity contribution in [2.75, 3.05) is 0 Å². The quantitative estimate of drug-likeness (QED) is 0.350. The SMILES string of the molecule is C=C1C(=O)OC2=C/C(=C(C(=O)O)\C(C(=O)O)=C3/C=C(OC=O)C(CC)=CC3=O)C(=O)C=C12. The molecule has 10 nitrogen and oxygen atoms in total. The summed E-state index contributed by atoms with van der Waals surface area (Å²) < 4.78 is 9.73. The third kappa shape index (κ3) is 3.65. The number of aliphatic carboxylic acids is 2. The molecule has 32 heavy (non-hydrogen) atoms. The van der Waals surface area contributed by atoms with E-state index >= 15 is 0 Å². The number of ketones is 2. The first-order valence-electron chi connectivity index (χ1n) is 9.03. The van der Waals surface area contributed by atoms with E-state index in [2.05, 4.69) is 6.58 Å². The van der Waals surface area contributed by atoms with Gasteiger partial charge in [-0.2, -0.15) is 0 Å². The Morgan fingerprint density at radius 1 is 1.00 bits per heavy atom. The predicted molar refractivity (Wildman–Crippen MR) is 104 cm³/mol. The smallest absolute Gasteiger partial charge is 0.343 e. The fourth-order valence-corrected chi connectivity index (χ4v) is 3.30. The van der Waals surface area contributed by atoms with Crippen LogP contribution in [0.4, 0.5) is 0 Å². The average molecular weight is 438 g/mol. The molecule has 0 radical (unpaired) electrons. The third-order valence-electron chi connectivity index (χ3n) is 4.79. The number of carbonyl (C=O) groups is 6. The second-order valence-corrected chi connectivity index (χ2v) is 6.60. The van der Waals surface area contributed by atoms with Gasteiger partial charge in [0.15, 0.2) is 11.6 Å². The molecule has 10 heteroatoms. The molecule has 1 aliphatic heterocycles. The number of ether oxygens (including phenoxy) is 2. The van der Waals surface area contributed by atoms with Gasteiger partial charge in [-0.1, -0.05) is 13.5 Å². The molecule has 0 aromatic rings. The molecule has 0 unspecified atom stereocenters. The van der Waals surface area contributed by atoms with Crippen LogP contribution in [0, 0.1) is 0 Å². The zero-order chi connectivity index (χ0) is 23.7. The van der Waals surface area contributed by atoms with Crippen molar-refractivity contribution in [2.45, 2.75) is 13.3 Å². The second kappa shape index (κ2) is 8.26. The van der Waals surface area contributed by atoms with Gasteiger partial charge in [-0.05, 0) is 36.3 Å². The van der Waals surface area contributed by atoms with Gasteiger partial charge in [0.2, 0.25) is 0 Å². The summed E-state index contributed by atoms with van der Waals surface area (Å²) in [7, 11) is 0. The van der Waals surface area contributed by atoms with E-state index in [4.69, 9.17) is 9.47 Å². The van der Waals surface area contributed by atoms with Crippen LogP contribution in [0.25, 0.3) is 0 Å². The summed E-state index contributed by atoms with van der Waals surface area (Å²) in [6.07, 6.45) is 4.03. The highest BCUT2D eigenvalue weighted by Crippen LogP contribution is 2.36. The van der Waals surface area contributed by atoms with Crippen molar-refractivity contribution in [1.29, 1.82) is 0 Å². The lowest BCUT2D eigenvalue weighted by atomic mass is 9.86. The minimum absolute atomic E-state index is 0.0452. The summed E-state index contributed by atoms with van der Waals surface area (Å²) in [4.78, 5) is 71.9. The maximum Gasteiger partial charge on any atom is 0.343 e. The minimum atomic E-state index is -1.82. The number of esters is 1. The Balaban J connectivity index is 2.32. The molecule has 0 amide bonds. The first-order chi connectivity index (χ1) is 15.1. The molecule has 162 valence electrons. The molecule has 0 atom stereocenters. The van der Waals surface area contributed by atoms with Crippen LogP contribution in [0.3, 0.4) is 0 Å². The van der Waals surface area contributed by atoms with E-state index in [1.54, 1.807) is 6.92 Å². The fourth-order valence-electron chi connectivity index (χ4n) is 3.30. The number of hydrogen-bond acceptors (Lipinski definition) is 8. The summed E-state index contributed by atoms with van der Waals surface area (Å²) in [6.45, 7) is 5.20. The number of carboxylic acids is 2. The monoisotopic (exact) mass is 438 g/mol. The molecule has 0 aromatic carbocycles. The lowest BCUT2D eigenvalue weighted by Crippen LogP contribution is -2.22. The molecule has 1 heterocycles. The summed E-state index contributed by atoms with van der Waals surface area (Å²) in [6, 6.07) is 0. The molecule has 3 aliphatic rings. The van der Waals surface area contributed by atoms with Gasteiger partial charge in [0.05, 0.1) is 16.7 Å². The Kier molecular flexibility index (Phi) is 5.71. The maximum atomic E-state index is 12.6. The third-order valence-corrected chi connectivity index (χ3v) is 4.79. The number of rotatable bonds is 6. The number of carbonyl (C=O) groups excluding carboxylic acids is 4. The van der Waals surface area contributed by atoms with Gasteiger partial charge < -0.3 is 19.7 Å². The first-order valence-corrected chi connectivity index (χ1v) is 9.03. The van der Waals surface area contributed by atoms with Crippen LogP contribution >= 0.6 is 0 Å². The lowest BCUT2D eigenvalue weighted by Gasteiger charge is -2.18. The first kappa shape index (κ1) is 22.1. The van der Waals surface area contributed by atoms with E-state index in [0.717, 1.165) is 24.3 Å². The highest BCUT2D eigenvalue weighted by molar-refractivity contribution is 6.22. The molecular formula is C22H14O10. The number of hydrogen-bond donors (Lipinski definition) is 2. The second-order valence-electron chi connectivity index (χ2n) is 6.60. The van der Waals surface area contributed by atoms with Crippen molar-refractivity contribution < 1.29 is 48.5 Å². The van der Waals surface area contributed by atoms with Gasteiger partial charge in [-0.3, -0.25) is 14.4 Å². The standard InChI is InChI=1S/C22H14O10/c1-3-10-4-14(24)12(6-16(10)31-8-23)18(20(26)27)19(21(28)29)13-7-17-11(5-15(13)25)9(2)22(30)32-17/h4-8H,2-3H2,1H3,(H,26,27)(H,28,29)/b18-12-,19-13-. The zero-order valence-corrected chi connectivity index (χ0v) is 16.5. The molecule has 2 N–H and O–H groups in total. The number of fused-ring (bicyclic) bond motifs is 1. The van der Waals surface area contributed by atoms with E-state index in [0.29, 0.717) is 5.57 Å². The van der Waals surface area contributed by atoms with Gasteiger partial charge in [0.25, 0.3) is 6.47 Å². The molecule has 0 aromatic heterocycles. The fraction of sp³-hybridized carbons (Fsp3) is 0.0909. The molecule has 3 rings (SSSR count). The van der Waals surface area contributed by atoms with E-state index in [1.807, 2.05) is 0 Å². The van der Waals surface area contributed by atoms with Gasteiger partial charge in [-0.25, -0.2) is 14.4 Å². The summed E-state index contributed by atoms with van der Waals surface area (Å²) >= 11 is 0. The van der Waals surface area contributed by atoms with Crippen LogP contribution in [-0.4, -0.2) is 46.2 Å². The Labute approximate surface area is 179 Å². The van der Waals surface area contributed by atoms with Crippen molar-refractivity contribution in [1.82, 2.24) is 0 Å². The summed E-state index contributed by atoms with van der Waals surface area (Å²) in [5.41, 5.74) is -3.00. The molecule has 2 aliphatic carbocycles. The predicted octanol–water partition coefficient (Wildman–Crippen LogP) is 1.23. The van der Waals surface area contributed by atoms with Crippen LogP contribution in [0.2, 0.25) is 0 Å². The molecule has 0 bridgehead atoms. The highest BCUT2D eigenvalue weighted by atomic mass is 16.5. The Hall–Kier alpha value is -4.60. The molecular weight excluding hydrogens is 424 g/mol. The number of allylic oxidation sites excluding steroid dienone is 8. The van der Waals surface area contributed by atoms with Gasteiger partial charge in [0, 0.05) is 16.7 Å². The van der Waals surface area contributed by atoms with E-state index < -0.39 is 51.8 Å². The summed E-state index contributed by atoms with van der Waals surface area (Å²) in [5.74, 6) is -6.58. The molecule has 0 spiro atoms. The van der Waals surface area contributed by atoms with Crippen molar-refractivity contribution in [2.24, 2.45) is 0 Å². The van der Waals surface area contributed by atoms with E-state index in [1.165, 1.54) is 0 Å². The van der Waals surface area contributed by atoms with E-state index in [9.17, 15) is 39.0 Å². The molecule has 1 fully saturated rings. The zero-order valence-electron chi connectivity index (χ0n) is 16.5.